The number of nitrogens with zero attached hydrogens (tertiary/aromatic N) is 1. The third-order valence-electron chi connectivity index (χ3n) is 3.08. The third-order valence-corrected chi connectivity index (χ3v) is 3.57. The van der Waals surface area contributed by atoms with Crippen molar-refractivity contribution >= 4 is 15.9 Å². The standard InChI is InChI=1S/C15H16BrFN2/c1-2-10-3-5-12(19-9-10)8-15(18)13-7-11(16)4-6-14(13)17/h3-7,9,15H,2,8,18H2,1H3. The van der Waals surface area contributed by atoms with Crippen molar-refractivity contribution in [3.8, 4) is 0 Å². The van der Waals surface area contributed by atoms with Crippen molar-refractivity contribution in [2.75, 3.05) is 0 Å². The molecule has 2 nitrogen and oxygen atoms in total. The van der Waals surface area contributed by atoms with Crippen LogP contribution in [0, 0.1) is 5.82 Å². The quantitative estimate of drug-likeness (QED) is 0.930. The van der Waals surface area contributed by atoms with Gasteiger partial charge in [-0.1, -0.05) is 28.9 Å². The minimum atomic E-state index is -0.391. The third kappa shape index (κ3) is 3.61. The van der Waals surface area contributed by atoms with E-state index in [1.807, 2.05) is 18.3 Å². The first-order valence-electron chi connectivity index (χ1n) is 6.24. The summed E-state index contributed by atoms with van der Waals surface area (Å²) in [4.78, 5) is 4.35. The van der Waals surface area contributed by atoms with E-state index < -0.39 is 6.04 Å². The van der Waals surface area contributed by atoms with E-state index >= 15 is 0 Å². The van der Waals surface area contributed by atoms with Gasteiger partial charge in [-0.2, -0.15) is 0 Å². The monoisotopic (exact) mass is 322 g/mol. The predicted octanol–water partition coefficient (Wildman–Crippen LogP) is 3.79. The Labute approximate surface area is 121 Å². The number of pyridine rings is 1. The van der Waals surface area contributed by atoms with Crippen LogP contribution in [0.4, 0.5) is 4.39 Å². The fraction of sp³-hybridized carbons (Fsp3) is 0.267. The van der Waals surface area contributed by atoms with E-state index in [2.05, 4.69) is 27.8 Å². The molecule has 100 valence electrons. The molecule has 2 rings (SSSR count). The van der Waals surface area contributed by atoms with Crippen LogP contribution >= 0.6 is 15.9 Å². The lowest BCUT2D eigenvalue weighted by Gasteiger charge is -2.13. The van der Waals surface area contributed by atoms with Gasteiger partial charge in [-0.25, -0.2) is 4.39 Å². The maximum Gasteiger partial charge on any atom is 0.128 e. The van der Waals surface area contributed by atoms with Crippen LogP contribution in [0.2, 0.25) is 0 Å². The molecule has 0 aliphatic rings. The molecule has 0 bridgehead atoms. The number of nitrogens with two attached hydrogens (primary N) is 1. The number of benzene rings is 1. The van der Waals surface area contributed by atoms with E-state index in [9.17, 15) is 4.39 Å². The zero-order valence-electron chi connectivity index (χ0n) is 10.7. The summed E-state index contributed by atoms with van der Waals surface area (Å²) in [6.07, 6.45) is 3.33. The van der Waals surface area contributed by atoms with E-state index in [1.165, 1.54) is 11.6 Å². The van der Waals surface area contributed by atoms with Gasteiger partial charge in [-0.15, -0.1) is 0 Å². The summed E-state index contributed by atoms with van der Waals surface area (Å²) in [5.41, 5.74) is 8.64. The highest BCUT2D eigenvalue weighted by Crippen LogP contribution is 2.22. The van der Waals surface area contributed by atoms with Crippen molar-refractivity contribution in [1.29, 1.82) is 0 Å². The zero-order chi connectivity index (χ0) is 13.8. The van der Waals surface area contributed by atoms with E-state index in [0.717, 1.165) is 16.6 Å². The average Bonchev–Trinajstić information content (AvgIpc) is 2.42. The van der Waals surface area contributed by atoms with Crippen LogP contribution in [-0.4, -0.2) is 4.98 Å². The minimum absolute atomic E-state index is 0.277. The molecule has 2 aromatic rings. The van der Waals surface area contributed by atoms with Crippen LogP contribution in [0.5, 0.6) is 0 Å². The number of hydrogen-bond donors (Lipinski definition) is 1. The molecule has 19 heavy (non-hydrogen) atoms. The maximum atomic E-state index is 13.7. The SMILES string of the molecule is CCc1ccc(CC(N)c2cc(Br)ccc2F)nc1. The van der Waals surface area contributed by atoms with Crippen molar-refractivity contribution in [2.45, 2.75) is 25.8 Å². The zero-order valence-corrected chi connectivity index (χ0v) is 12.3. The van der Waals surface area contributed by atoms with Crippen molar-refractivity contribution in [3.63, 3.8) is 0 Å². The summed E-state index contributed by atoms with van der Waals surface area (Å²) in [6.45, 7) is 2.08. The lowest BCUT2D eigenvalue weighted by atomic mass is 10.0. The summed E-state index contributed by atoms with van der Waals surface area (Å²) in [5.74, 6) is -0.277. The molecule has 4 heteroatoms. The molecule has 1 heterocycles. The van der Waals surface area contributed by atoms with Gasteiger partial charge in [-0.3, -0.25) is 4.98 Å². The highest BCUT2D eigenvalue weighted by molar-refractivity contribution is 9.10. The van der Waals surface area contributed by atoms with Gasteiger partial charge in [0.2, 0.25) is 0 Å². The van der Waals surface area contributed by atoms with Gasteiger partial charge in [0.15, 0.2) is 0 Å². The Kier molecular flexibility index (Phi) is 4.66. The predicted molar refractivity (Wildman–Crippen MR) is 78.3 cm³/mol. The molecule has 0 radical (unpaired) electrons. The van der Waals surface area contributed by atoms with Crippen molar-refractivity contribution in [2.24, 2.45) is 5.73 Å². The Morgan fingerprint density at radius 1 is 1.32 bits per heavy atom. The second-order valence-electron chi connectivity index (χ2n) is 4.49. The summed E-state index contributed by atoms with van der Waals surface area (Å²) >= 11 is 3.33. The Morgan fingerprint density at radius 2 is 2.11 bits per heavy atom. The number of halogens is 2. The smallest absolute Gasteiger partial charge is 0.128 e. The fourth-order valence-electron chi connectivity index (χ4n) is 1.92. The van der Waals surface area contributed by atoms with Crippen molar-refractivity contribution in [1.82, 2.24) is 4.98 Å². The molecule has 0 saturated heterocycles. The van der Waals surface area contributed by atoms with Gasteiger partial charge in [0.1, 0.15) is 5.82 Å². The fourth-order valence-corrected chi connectivity index (χ4v) is 2.30. The molecule has 0 spiro atoms. The molecule has 1 atom stereocenters. The molecule has 2 N–H and O–H groups in total. The topological polar surface area (TPSA) is 38.9 Å². The van der Waals surface area contributed by atoms with Crippen LogP contribution in [-0.2, 0) is 12.8 Å². The normalized spacial score (nSPS) is 12.4. The Bertz CT molecular complexity index is 555. The highest BCUT2D eigenvalue weighted by Gasteiger charge is 2.13. The van der Waals surface area contributed by atoms with E-state index in [-0.39, 0.29) is 5.82 Å². The molecular formula is C15H16BrFN2. The first kappa shape index (κ1) is 14.2. The summed E-state index contributed by atoms with van der Waals surface area (Å²) in [5, 5.41) is 0. The molecule has 0 aliphatic carbocycles. The van der Waals surface area contributed by atoms with Gasteiger partial charge in [0.05, 0.1) is 0 Å². The Balaban J connectivity index is 2.15. The summed E-state index contributed by atoms with van der Waals surface area (Å²) in [7, 11) is 0. The first-order chi connectivity index (χ1) is 9.10. The molecular weight excluding hydrogens is 307 g/mol. The molecule has 0 saturated carbocycles. The molecule has 0 fully saturated rings. The van der Waals surface area contributed by atoms with Gasteiger partial charge in [0, 0.05) is 34.4 Å². The lowest BCUT2D eigenvalue weighted by Crippen LogP contribution is -2.15. The Hall–Kier alpha value is -1.26. The van der Waals surface area contributed by atoms with Crippen LogP contribution in [0.1, 0.15) is 29.8 Å². The first-order valence-corrected chi connectivity index (χ1v) is 7.03. The second-order valence-corrected chi connectivity index (χ2v) is 5.40. The van der Waals surface area contributed by atoms with Gasteiger partial charge in [0.25, 0.3) is 0 Å². The van der Waals surface area contributed by atoms with Gasteiger partial charge >= 0.3 is 0 Å². The van der Waals surface area contributed by atoms with E-state index in [4.69, 9.17) is 5.73 Å². The molecule has 1 aromatic carbocycles. The molecule has 0 aliphatic heterocycles. The maximum absolute atomic E-state index is 13.7. The number of aromatic nitrogens is 1. The lowest BCUT2D eigenvalue weighted by molar-refractivity contribution is 0.577. The second kappa shape index (κ2) is 6.26. The molecule has 1 aromatic heterocycles. The van der Waals surface area contributed by atoms with Crippen LogP contribution in [0.3, 0.4) is 0 Å². The number of rotatable bonds is 4. The van der Waals surface area contributed by atoms with Crippen LogP contribution in [0.15, 0.2) is 41.0 Å². The molecule has 0 amide bonds. The van der Waals surface area contributed by atoms with Crippen molar-refractivity contribution < 1.29 is 4.39 Å². The van der Waals surface area contributed by atoms with Gasteiger partial charge in [-0.05, 0) is 36.2 Å². The number of hydrogen-bond acceptors (Lipinski definition) is 2. The van der Waals surface area contributed by atoms with Crippen molar-refractivity contribution in [3.05, 3.63) is 63.6 Å². The average molecular weight is 323 g/mol. The van der Waals surface area contributed by atoms with Gasteiger partial charge < -0.3 is 5.73 Å². The van der Waals surface area contributed by atoms with Crippen LogP contribution in [0.25, 0.3) is 0 Å². The summed E-state index contributed by atoms with van der Waals surface area (Å²) in [6, 6.07) is 8.41. The number of aryl methyl sites for hydroxylation is 1. The highest BCUT2D eigenvalue weighted by atomic mass is 79.9. The molecule has 1 unspecified atom stereocenters. The van der Waals surface area contributed by atoms with Crippen LogP contribution < -0.4 is 5.73 Å². The Morgan fingerprint density at radius 3 is 2.74 bits per heavy atom. The summed E-state index contributed by atoms with van der Waals surface area (Å²) < 4.78 is 14.5. The van der Waals surface area contributed by atoms with E-state index in [0.29, 0.717) is 12.0 Å². The minimum Gasteiger partial charge on any atom is -0.324 e. The van der Waals surface area contributed by atoms with E-state index in [1.54, 1.807) is 12.1 Å². The largest absolute Gasteiger partial charge is 0.324 e.